The zero-order chi connectivity index (χ0) is 17.1. The third-order valence-electron chi connectivity index (χ3n) is 3.54. The Bertz CT molecular complexity index is 723. The molecule has 1 amide bonds. The number of hydrogen-bond donors (Lipinski definition) is 1. The maximum Gasteiger partial charge on any atom is 0.265 e. The van der Waals surface area contributed by atoms with Crippen LogP contribution in [0.4, 0.5) is 5.69 Å². The van der Waals surface area contributed by atoms with Gasteiger partial charge in [0.05, 0.1) is 0 Å². The number of hydrogen-bond acceptors (Lipinski definition) is 2. The van der Waals surface area contributed by atoms with E-state index in [2.05, 4.69) is 27.9 Å². The van der Waals surface area contributed by atoms with Crippen molar-refractivity contribution >= 4 is 45.8 Å². The summed E-state index contributed by atoms with van der Waals surface area (Å²) in [6.45, 7) is 7.54. The number of ether oxygens (including phenoxy) is 1. The summed E-state index contributed by atoms with van der Waals surface area (Å²) in [5.41, 5.74) is 3.69. The first kappa shape index (κ1) is 18.1. The molecule has 3 nitrogen and oxygen atoms in total. The highest BCUT2D eigenvalue weighted by molar-refractivity contribution is 14.1. The number of rotatable bonds is 4. The van der Waals surface area contributed by atoms with E-state index in [4.69, 9.17) is 16.3 Å². The van der Waals surface area contributed by atoms with Crippen LogP contribution in [-0.2, 0) is 4.79 Å². The highest BCUT2D eigenvalue weighted by Crippen LogP contribution is 2.26. The van der Waals surface area contributed by atoms with Crippen LogP contribution >= 0.6 is 34.2 Å². The molecule has 1 N–H and O–H groups in total. The molecule has 0 radical (unpaired) electrons. The second kappa shape index (κ2) is 7.53. The van der Waals surface area contributed by atoms with Gasteiger partial charge in [-0.15, -0.1) is 0 Å². The van der Waals surface area contributed by atoms with Crippen LogP contribution in [0, 0.1) is 24.3 Å². The minimum Gasteiger partial charge on any atom is -0.481 e. The van der Waals surface area contributed by atoms with Gasteiger partial charge in [0.25, 0.3) is 5.91 Å². The van der Waals surface area contributed by atoms with E-state index in [0.717, 1.165) is 31.0 Å². The third kappa shape index (κ3) is 4.61. The first-order valence-electron chi connectivity index (χ1n) is 7.28. The van der Waals surface area contributed by atoms with E-state index in [1.165, 1.54) is 0 Å². The summed E-state index contributed by atoms with van der Waals surface area (Å²) in [6.07, 6.45) is -0.603. The van der Waals surface area contributed by atoms with Crippen molar-refractivity contribution in [2.75, 3.05) is 5.32 Å². The lowest BCUT2D eigenvalue weighted by atomic mass is 10.1. The van der Waals surface area contributed by atoms with Crippen molar-refractivity contribution in [1.29, 1.82) is 0 Å². The van der Waals surface area contributed by atoms with Gasteiger partial charge in [0, 0.05) is 14.3 Å². The van der Waals surface area contributed by atoms with Gasteiger partial charge in [-0.25, -0.2) is 0 Å². The average Bonchev–Trinajstić information content (AvgIpc) is 2.47. The number of carbonyl (C=O) groups is 1. The Morgan fingerprint density at radius 2 is 1.74 bits per heavy atom. The number of benzene rings is 2. The van der Waals surface area contributed by atoms with Crippen LogP contribution in [0.2, 0.25) is 5.02 Å². The lowest BCUT2D eigenvalue weighted by Gasteiger charge is -2.17. The molecule has 2 aromatic carbocycles. The molecule has 5 heteroatoms. The first-order chi connectivity index (χ1) is 10.8. The van der Waals surface area contributed by atoms with Crippen LogP contribution in [0.1, 0.15) is 23.6 Å². The molecule has 122 valence electrons. The van der Waals surface area contributed by atoms with Gasteiger partial charge in [-0.05, 0) is 97.3 Å². The van der Waals surface area contributed by atoms with Crippen molar-refractivity contribution in [3.05, 3.63) is 55.6 Å². The van der Waals surface area contributed by atoms with Crippen molar-refractivity contribution in [2.24, 2.45) is 0 Å². The number of aryl methyl sites for hydroxylation is 3. The Kier molecular flexibility index (Phi) is 5.92. The van der Waals surface area contributed by atoms with Gasteiger partial charge < -0.3 is 10.1 Å². The minimum absolute atomic E-state index is 0.181. The van der Waals surface area contributed by atoms with E-state index < -0.39 is 6.10 Å². The lowest BCUT2D eigenvalue weighted by molar-refractivity contribution is -0.122. The fraction of sp³-hybridized carbons (Fsp3) is 0.278. The van der Waals surface area contributed by atoms with Crippen molar-refractivity contribution in [3.63, 3.8) is 0 Å². The summed E-state index contributed by atoms with van der Waals surface area (Å²) < 4.78 is 6.89. The quantitative estimate of drug-likeness (QED) is 0.653. The molecule has 2 rings (SSSR count). The van der Waals surface area contributed by atoms with E-state index in [-0.39, 0.29) is 5.91 Å². The molecule has 0 saturated heterocycles. The van der Waals surface area contributed by atoms with E-state index in [1.807, 2.05) is 51.1 Å². The maximum absolute atomic E-state index is 12.3. The molecule has 0 aliphatic carbocycles. The SMILES string of the molecule is Cc1cc(I)ccc1NC(=O)[C@H](C)Oc1cc(C)c(Cl)c(C)c1. The zero-order valence-corrected chi connectivity index (χ0v) is 16.4. The van der Waals surface area contributed by atoms with Gasteiger partial charge in [-0.2, -0.15) is 0 Å². The number of anilines is 1. The summed E-state index contributed by atoms with van der Waals surface area (Å²) in [7, 11) is 0. The summed E-state index contributed by atoms with van der Waals surface area (Å²) in [5.74, 6) is 0.464. The normalized spacial score (nSPS) is 11.9. The summed E-state index contributed by atoms with van der Waals surface area (Å²) in [6, 6.07) is 9.57. The smallest absolute Gasteiger partial charge is 0.265 e. The van der Waals surface area contributed by atoms with Gasteiger partial charge in [0.15, 0.2) is 6.10 Å². The van der Waals surface area contributed by atoms with Crippen molar-refractivity contribution < 1.29 is 9.53 Å². The van der Waals surface area contributed by atoms with Crippen LogP contribution in [-0.4, -0.2) is 12.0 Å². The Labute approximate surface area is 155 Å². The molecule has 0 fully saturated rings. The summed E-state index contributed by atoms with van der Waals surface area (Å²) >= 11 is 8.40. The molecule has 0 aromatic heterocycles. The van der Waals surface area contributed by atoms with Crippen molar-refractivity contribution in [3.8, 4) is 5.75 Å². The molecule has 0 aliphatic heterocycles. The topological polar surface area (TPSA) is 38.3 Å². The molecule has 0 saturated carbocycles. The predicted octanol–water partition coefficient (Wildman–Crippen LogP) is 5.28. The maximum atomic E-state index is 12.3. The molecule has 0 unspecified atom stereocenters. The Morgan fingerprint density at radius 3 is 2.30 bits per heavy atom. The number of carbonyl (C=O) groups excluding carboxylic acids is 1. The molecule has 1 atom stereocenters. The second-order valence-corrected chi connectivity index (χ2v) is 7.20. The average molecular weight is 444 g/mol. The Morgan fingerprint density at radius 1 is 1.13 bits per heavy atom. The van der Waals surface area contributed by atoms with Crippen LogP contribution in [0.25, 0.3) is 0 Å². The standard InChI is InChI=1S/C18H19ClINO2/c1-10-7-14(20)5-6-16(10)21-18(22)13(4)23-15-8-11(2)17(19)12(3)9-15/h5-9,13H,1-4H3,(H,21,22)/t13-/m0/s1. The summed E-state index contributed by atoms with van der Waals surface area (Å²) in [5, 5.41) is 3.63. The number of amides is 1. The van der Waals surface area contributed by atoms with Crippen LogP contribution < -0.4 is 10.1 Å². The second-order valence-electron chi connectivity index (χ2n) is 5.58. The highest BCUT2D eigenvalue weighted by Gasteiger charge is 2.16. The Hall–Kier alpha value is -1.27. The number of halogens is 2. The zero-order valence-electron chi connectivity index (χ0n) is 13.5. The minimum atomic E-state index is -0.603. The molecular formula is C18H19ClINO2. The molecule has 0 bridgehead atoms. The van der Waals surface area contributed by atoms with E-state index in [0.29, 0.717) is 5.75 Å². The fourth-order valence-electron chi connectivity index (χ4n) is 2.23. The Balaban J connectivity index is 2.08. The molecular weight excluding hydrogens is 425 g/mol. The largest absolute Gasteiger partial charge is 0.481 e. The molecule has 0 spiro atoms. The van der Waals surface area contributed by atoms with Crippen molar-refractivity contribution in [1.82, 2.24) is 0 Å². The predicted molar refractivity (Wildman–Crippen MR) is 104 cm³/mol. The summed E-state index contributed by atoms with van der Waals surface area (Å²) in [4.78, 5) is 12.3. The first-order valence-corrected chi connectivity index (χ1v) is 8.74. The molecule has 0 aliphatic rings. The van der Waals surface area contributed by atoms with Gasteiger partial charge >= 0.3 is 0 Å². The molecule has 0 heterocycles. The van der Waals surface area contributed by atoms with Gasteiger partial charge in [-0.1, -0.05) is 11.6 Å². The van der Waals surface area contributed by atoms with E-state index in [1.54, 1.807) is 6.92 Å². The van der Waals surface area contributed by atoms with Crippen molar-refractivity contribution in [2.45, 2.75) is 33.8 Å². The van der Waals surface area contributed by atoms with Crippen LogP contribution in [0.15, 0.2) is 30.3 Å². The third-order valence-corrected chi connectivity index (χ3v) is 4.81. The van der Waals surface area contributed by atoms with E-state index in [9.17, 15) is 4.79 Å². The number of nitrogens with one attached hydrogen (secondary N) is 1. The van der Waals surface area contributed by atoms with Gasteiger partial charge in [0.2, 0.25) is 0 Å². The van der Waals surface area contributed by atoms with Crippen LogP contribution in [0.5, 0.6) is 5.75 Å². The van der Waals surface area contributed by atoms with Gasteiger partial charge in [0.1, 0.15) is 5.75 Å². The lowest BCUT2D eigenvalue weighted by Crippen LogP contribution is -2.30. The highest BCUT2D eigenvalue weighted by atomic mass is 127. The van der Waals surface area contributed by atoms with Crippen LogP contribution in [0.3, 0.4) is 0 Å². The fourth-order valence-corrected chi connectivity index (χ4v) is 2.99. The monoisotopic (exact) mass is 443 g/mol. The molecule has 23 heavy (non-hydrogen) atoms. The molecule has 2 aromatic rings. The van der Waals surface area contributed by atoms with Gasteiger partial charge in [-0.3, -0.25) is 4.79 Å². The van der Waals surface area contributed by atoms with E-state index >= 15 is 0 Å².